The van der Waals surface area contributed by atoms with Gasteiger partial charge in [-0.15, -0.1) is 0 Å². The van der Waals surface area contributed by atoms with Gasteiger partial charge in [0.05, 0.1) is 23.5 Å². The standard InChI is InChI=1S/C25H24Cl2F2N2O/c26-20-9-18(10-21(27)11-20)14-30-16-25(19-5-3-4-17(8-19)12-28)31(15-22(32)13-29)24-7-2-1-6-23(24)30/h1-11,22,25,32H,12-16H2/t22-,25-/m0/s1. The number of para-hydroxylation sites is 2. The normalized spacial score (nSPS) is 16.7. The maximum atomic E-state index is 13.4. The molecular formula is C25H24Cl2F2N2O. The highest BCUT2D eigenvalue weighted by Crippen LogP contribution is 2.42. The number of rotatable bonds is 7. The second-order valence-electron chi connectivity index (χ2n) is 8.00. The Kier molecular flexibility index (Phi) is 7.19. The number of benzene rings is 3. The Balaban J connectivity index is 1.77. The monoisotopic (exact) mass is 476 g/mol. The highest BCUT2D eigenvalue weighted by Gasteiger charge is 2.33. The molecule has 1 aliphatic rings. The molecule has 0 aliphatic carbocycles. The van der Waals surface area contributed by atoms with Crippen LogP contribution in [0.5, 0.6) is 0 Å². The predicted octanol–water partition coefficient (Wildman–Crippen LogP) is 6.36. The number of aliphatic hydroxyl groups is 1. The number of nitrogens with zero attached hydrogens (tertiary/aromatic N) is 2. The van der Waals surface area contributed by atoms with Crippen molar-refractivity contribution in [3.63, 3.8) is 0 Å². The van der Waals surface area contributed by atoms with Crippen LogP contribution in [0.25, 0.3) is 0 Å². The van der Waals surface area contributed by atoms with E-state index in [0.29, 0.717) is 28.7 Å². The number of halogens is 4. The van der Waals surface area contributed by atoms with Gasteiger partial charge in [-0.25, -0.2) is 8.78 Å². The number of hydrogen-bond donors (Lipinski definition) is 1. The minimum atomic E-state index is -1.12. The molecule has 32 heavy (non-hydrogen) atoms. The van der Waals surface area contributed by atoms with Gasteiger partial charge in [0.2, 0.25) is 0 Å². The Morgan fingerprint density at radius 3 is 2.31 bits per heavy atom. The molecule has 0 saturated carbocycles. The van der Waals surface area contributed by atoms with Gasteiger partial charge in [0, 0.05) is 29.7 Å². The van der Waals surface area contributed by atoms with Crippen molar-refractivity contribution in [2.45, 2.75) is 25.4 Å². The molecule has 4 rings (SSSR count). The van der Waals surface area contributed by atoms with Crippen LogP contribution in [0.3, 0.4) is 0 Å². The van der Waals surface area contributed by atoms with Crippen LogP contribution in [-0.4, -0.2) is 31.0 Å². The van der Waals surface area contributed by atoms with Gasteiger partial charge in [-0.2, -0.15) is 0 Å². The van der Waals surface area contributed by atoms with Crippen molar-refractivity contribution in [1.82, 2.24) is 0 Å². The van der Waals surface area contributed by atoms with Crippen LogP contribution in [0.15, 0.2) is 66.7 Å². The van der Waals surface area contributed by atoms with E-state index in [9.17, 15) is 13.9 Å². The van der Waals surface area contributed by atoms with Crippen LogP contribution in [0.4, 0.5) is 20.2 Å². The summed E-state index contributed by atoms with van der Waals surface area (Å²) < 4.78 is 26.6. The summed E-state index contributed by atoms with van der Waals surface area (Å²) in [6.45, 7) is -0.129. The molecule has 168 valence electrons. The van der Waals surface area contributed by atoms with Gasteiger partial charge in [-0.05, 0) is 47.0 Å². The molecule has 0 radical (unpaired) electrons. The zero-order valence-corrected chi connectivity index (χ0v) is 18.9. The number of aliphatic hydroxyl groups excluding tert-OH is 1. The van der Waals surface area contributed by atoms with Crippen molar-refractivity contribution in [3.8, 4) is 0 Å². The lowest BCUT2D eigenvalue weighted by molar-refractivity contribution is 0.142. The second kappa shape index (κ2) is 10.1. The first-order valence-electron chi connectivity index (χ1n) is 10.4. The van der Waals surface area contributed by atoms with Crippen LogP contribution in [0.2, 0.25) is 10.0 Å². The van der Waals surface area contributed by atoms with Crippen molar-refractivity contribution < 1.29 is 13.9 Å². The summed E-state index contributed by atoms with van der Waals surface area (Å²) in [5, 5.41) is 11.3. The van der Waals surface area contributed by atoms with Crippen LogP contribution >= 0.6 is 23.2 Å². The molecule has 0 bridgehead atoms. The molecule has 1 N–H and O–H groups in total. The summed E-state index contributed by atoms with van der Waals surface area (Å²) in [6.07, 6.45) is -1.12. The molecule has 0 aromatic heterocycles. The highest BCUT2D eigenvalue weighted by atomic mass is 35.5. The van der Waals surface area contributed by atoms with Gasteiger partial charge >= 0.3 is 0 Å². The molecule has 0 spiro atoms. The third-order valence-electron chi connectivity index (χ3n) is 5.67. The van der Waals surface area contributed by atoms with Crippen molar-refractivity contribution in [1.29, 1.82) is 0 Å². The SMILES string of the molecule is O[C@@H](CF)CN1c2ccccc2N(Cc2cc(Cl)cc(Cl)c2)C[C@H]1c1cccc(CF)c1. The zero-order valence-electron chi connectivity index (χ0n) is 17.4. The fourth-order valence-corrected chi connectivity index (χ4v) is 4.86. The van der Waals surface area contributed by atoms with Crippen LogP contribution in [0.1, 0.15) is 22.7 Å². The molecule has 2 atom stereocenters. The summed E-state index contributed by atoms with van der Waals surface area (Å²) in [6, 6.07) is 20.4. The first-order valence-corrected chi connectivity index (χ1v) is 11.2. The molecule has 7 heteroatoms. The molecule has 0 unspecified atom stereocenters. The molecular weight excluding hydrogens is 453 g/mol. The fourth-order valence-electron chi connectivity index (χ4n) is 4.29. The van der Waals surface area contributed by atoms with E-state index in [1.54, 1.807) is 12.1 Å². The number of β-amino-alcohol motifs (C(OH)–C–C–N with tert-alkyl or cyclic N) is 1. The molecule has 1 heterocycles. The van der Waals surface area contributed by atoms with E-state index in [1.165, 1.54) is 0 Å². The summed E-state index contributed by atoms with van der Waals surface area (Å²) in [7, 11) is 0. The van der Waals surface area contributed by atoms with Gasteiger partial charge in [0.1, 0.15) is 13.3 Å². The summed E-state index contributed by atoms with van der Waals surface area (Å²) >= 11 is 12.4. The number of alkyl halides is 2. The van der Waals surface area contributed by atoms with Gasteiger partial charge < -0.3 is 14.9 Å². The van der Waals surface area contributed by atoms with Gasteiger partial charge in [0.25, 0.3) is 0 Å². The zero-order chi connectivity index (χ0) is 22.7. The molecule has 0 amide bonds. The quantitative estimate of drug-likeness (QED) is 0.429. The Bertz CT molecular complexity index is 1060. The summed E-state index contributed by atoms with van der Waals surface area (Å²) in [4.78, 5) is 4.22. The minimum Gasteiger partial charge on any atom is -0.389 e. The predicted molar refractivity (Wildman–Crippen MR) is 127 cm³/mol. The average molecular weight is 477 g/mol. The van der Waals surface area contributed by atoms with E-state index < -0.39 is 19.5 Å². The molecule has 0 saturated heterocycles. The maximum absolute atomic E-state index is 13.4. The molecule has 0 fully saturated rings. The second-order valence-corrected chi connectivity index (χ2v) is 8.87. The van der Waals surface area contributed by atoms with E-state index in [4.69, 9.17) is 23.2 Å². The molecule has 3 aromatic carbocycles. The Labute approximate surface area is 196 Å². The number of fused-ring (bicyclic) bond motifs is 1. The smallest absolute Gasteiger partial charge is 0.117 e. The first kappa shape index (κ1) is 22.8. The lowest BCUT2D eigenvalue weighted by atomic mass is 9.97. The van der Waals surface area contributed by atoms with Gasteiger partial charge in [-0.3, -0.25) is 0 Å². The highest BCUT2D eigenvalue weighted by molar-refractivity contribution is 6.34. The van der Waals surface area contributed by atoms with E-state index >= 15 is 0 Å². The van der Waals surface area contributed by atoms with Crippen molar-refractivity contribution in [2.24, 2.45) is 0 Å². The van der Waals surface area contributed by atoms with Crippen molar-refractivity contribution in [2.75, 3.05) is 29.6 Å². The van der Waals surface area contributed by atoms with E-state index in [0.717, 1.165) is 22.5 Å². The van der Waals surface area contributed by atoms with E-state index in [2.05, 4.69) is 4.90 Å². The molecule has 1 aliphatic heterocycles. The topological polar surface area (TPSA) is 26.7 Å². The summed E-state index contributed by atoms with van der Waals surface area (Å²) in [5.74, 6) is 0. The molecule has 3 nitrogen and oxygen atoms in total. The van der Waals surface area contributed by atoms with Crippen LogP contribution in [0, 0.1) is 0 Å². The lowest BCUT2D eigenvalue weighted by Crippen LogP contribution is -2.46. The van der Waals surface area contributed by atoms with Gasteiger partial charge in [-0.1, -0.05) is 59.6 Å². The first-order chi connectivity index (χ1) is 15.5. The minimum absolute atomic E-state index is 0.134. The Hall–Kier alpha value is -2.34. The number of anilines is 2. The lowest BCUT2D eigenvalue weighted by Gasteiger charge is -2.45. The number of hydrogen-bond acceptors (Lipinski definition) is 3. The third kappa shape index (κ3) is 5.01. The fraction of sp³-hybridized carbons (Fsp3) is 0.280. The van der Waals surface area contributed by atoms with Crippen molar-refractivity contribution >= 4 is 34.6 Å². The Morgan fingerprint density at radius 1 is 0.906 bits per heavy atom. The van der Waals surface area contributed by atoms with Crippen molar-refractivity contribution in [3.05, 3.63) is 93.5 Å². The van der Waals surface area contributed by atoms with Crippen LogP contribution in [-0.2, 0) is 13.2 Å². The largest absolute Gasteiger partial charge is 0.389 e. The summed E-state index contributed by atoms with van der Waals surface area (Å²) in [5.41, 5.74) is 4.31. The maximum Gasteiger partial charge on any atom is 0.117 e. The van der Waals surface area contributed by atoms with E-state index in [1.807, 2.05) is 59.5 Å². The molecule has 3 aromatic rings. The Morgan fingerprint density at radius 2 is 1.62 bits per heavy atom. The van der Waals surface area contributed by atoms with Gasteiger partial charge in [0.15, 0.2) is 0 Å². The average Bonchev–Trinajstić information content (AvgIpc) is 2.79. The van der Waals surface area contributed by atoms with Crippen LogP contribution < -0.4 is 9.80 Å². The third-order valence-corrected chi connectivity index (χ3v) is 6.11. The van der Waals surface area contributed by atoms with E-state index in [-0.39, 0.29) is 12.6 Å².